The standard InChI is InChI=1S/C16H22BrN3O/c1-4-8-18-15(16-7-9-19-20(16)2)11-12-10-13(21-3)5-6-14(12)17/h5-7,9-10,15,18H,4,8,11H2,1-3H3. The maximum Gasteiger partial charge on any atom is 0.119 e. The lowest BCUT2D eigenvalue weighted by atomic mass is 10.0. The van der Waals surface area contributed by atoms with Gasteiger partial charge in [0.1, 0.15) is 5.75 Å². The lowest BCUT2D eigenvalue weighted by Crippen LogP contribution is -2.26. The van der Waals surface area contributed by atoms with Crippen LogP contribution in [0.1, 0.15) is 30.6 Å². The zero-order chi connectivity index (χ0) is 15.2. The van der Waals surface area contributed by atoms with Gasteiger partial charge in [0.25, 0.3) is 0 Å². The number of nitrogens with one attached hydrogen (secondary N) is 1. The van der Waals surface area contributed by atoms with Crippen LogP contribution in [-0.4, -0.2) is 23.4 Å². The summed E-state index contributed by atoms with van der Waals surface area (Å²) < 4.78 is 8.37. The molecule has 0 bridgehead atoms. The van der Waals surface area contributed by atoms with Gasteiger partial charge in [0.2, 0.25) is 0 Å². The topological polar surface area (TPSA) is 39.1 Å². The molecule has 0 fully saturated rings. The first kappa shape index (κ1) is 16.0. The Morgan fingerprint density at radius 1 is 1.38 bits per heavy atom. The summed E-state index contributed by atoms with van der Waals surface area (Å²) in [6.07, 6.45) is 3.83. The Balaban J connectivity index is 2.24. The van der Waals surface area contributed by atoms with Gasteiger partial charge >= 0.3 is 0 Å². The molecule has 1 aromatic heterocycles. The van der Waals surface area contributed by atoms with Crippen molar-refractivity contribution in [1.29, 1.82) is 0 Å². The summed E-state index contributed by atoms with van der Waals surface area (Å²) in [7, 11) is 3.68. The zero-order valence-electron chi connectivity index (χ0n) is 12.8. The highest BCUT2D eigenvalue weighted by atomic mass is 79.9. The van der Waals surface area contributed by atoms with E-state index in [1.54, 1.807) is 7.11 Å². The van der Waals surface area contributed by atoms with E-state index in [9.17, 15) is 0 Å². The maximum atomic E-state index is 5.33. The van der Waals surface area contributed by atoms with Gasteiger partial charge in [-0.05, 0) is 49.2 Å². The molecule has 114 valence electrons. The van der Waals surface area contributed by atoms with Crippen molar-refractivity contribution in [2.75, 3.05) is 13.7 Å². The Kier molecular flexibility index (Phi) is 5.82. The fourth-order valence-electron chi connectivity index (χ4n) is 2.38. The number of nitrogens with zero attached hydrogens (tertiary/aromatic N) is 2. The molecule has 0 radical (unpaired) electrons. The molecule has 1 aromatic carbocycles. The van der Waals surface area contributed by atoms with Crippen molar-refractivity contribution in [3.05, 3.63) is 46.2 Å². The highest BCUT2D eigenvalue weighted by molar-refractivity contribution is 9.10. The number of benzene rings is 1. The molecule has 2 rings (SSSR count). The van der Waals surface area contributed by atoms with Crippen LogP contribution < -0.4 is 10.1 Å². The smallest absolute Gasteiger partial charge is 0.119 e. The Bertz CT molecular complexity index is 583. The van der Waals surface area contributed by atoms with Crippen LogP contribution in [0.3, 0.4) is 0 Å². The van der Waals surface area contributed by atoms with Crippen LogP contribution in [0.2, 0.25) is 0 Å². The number of aromatic nitrogens is 2. The summed E-state index contributed by atoms with van der Waals surface area (Å²) in [4.78, 5) is 0. The van der Waals surface area contributed by atoms with E-state index in [2.05, 4.69) is 45.4 Å². The molecule has 5 heteroatoms. The van der Waals surface area contributed by atoms with E-state index >= 15 is 0 Å². The van der Waals surface area contributed by atoms with Crippen molar-refractivity contribution in [2.24, 2.45) is 7.05 Å². The van der Waals surface area contributed by atoms with Crippen LogP contribution >= 0.6 is 15.9 Å². The Labute approximate surface area is 134 Å². The van der Waals surface area contributed by atoms with Crippen LogP contribution in [0, 0.1) is 0 Å². The van der Waals surface area contributed by atoms with E-state index in [4.69, 9.17) is 4.74 Å². The van der Waals surface area contributed by atoms with Gasteiger partial charge in [-0.15, -0.1) is 0 Å². The lowest BCUT2D eigenvalue weighted by Gasteiger charge is -2.20. The summed E-state index contributed by atoms with van der Waals surface area (Å²) in [5.74, 6) is 0.882. The minimum absolute atomic E-state index is 0.237. The number of halogens is 1. The van der Waals surface area contributed by atoms with Crippen LogP contribution in [-0.2, 0) is 13.5 Å². The summed E-state index contributed by atoms with van der Waals surface area (Å²) in [5, 5.41) is 7.89. The van der Waals surface area contributed by atoms with E-state index in [1.807, 2.05) is 30.1 Å². The Morgan fingerprint density at radius 3 is 2.81 bits per heavy atom. The second kappa shape index (κ2) is 7.61. The predicted molar refractivity (Wildman–Crippen MR) is 88.6 cm³/mol. The molecule has 2 aromatic rings. The predicted octanol–water partition coefficient (Wildman–Crippen LogP) is 3.47. The summed E-state index contributed by atoms with van der Waals surface area (Å²) in [6, 6.07) is 8.39. The molecule has 0 aliphatic heterocycles. The molecule has 0 aliphatic carbocycles. The van der Waals surface area contributed by atoms with Gasteiger partial charge < -0.3 is 10.1 Å². The SMILES string of the molecule is CCCNC(Cc1cc(OC)ccc1Br)c1ccnn1C. The van der Waals surface area contributed by atoms with Crippen LogP contribution in [0.4, 0.5) is 0 Å². The summed E-state index contributed by atoms with van der Waals surface area (Å²) >= 11 is 3.63. The fraction of sp³-hybridized carbons (Fsp3) is 0.438. The molecular weight excluding hydrogens is 330 g/mol. The molecule has 0 spiro atoms. The van der Waals surface area contributed by atoms with Gasteiger partial charge in [-0.3, -0.25) is 4.68 Å². The average molecular weight is 352 g/mol. The third kappa shape index (κ3) is 4.08. The second-order valence-electron chi connectivity index (χ2n) is 5.05. The first-order valence-corrected chi connectivity index (χ1v) is 7.98. The van der Waals surface area contributed by atoms with E-state index in [1.165, 1.54) is 11.3 Å². The van der Waals surface area contributed by atoms with E-state index in [-0.39, 0.29) is 6.04 Å². The quantitative estimate of drug-likeness (QED) is 0.829. The van der Waals surface area contributed by atoms with E-state index < -0.39 is 0 Å². The molecule has 1 atom stereocenters. The second-order valence-corrected chi connectivity index (χ2v) is 5.90. The molecule has 1 heterocycles. The number of methoxy groups -OCH3 is 1. The molecule has 0 aliphatic rings. The van der Waals surface area contributed by atoms with Crippen LogP contribution in [0.5, 0.6) is 5.75 Å². The van der Waals surface area contributed by atoms with Gasteiger partial charge in [0.15, 0.2) is 0 Å². The monoisotopic (exact) mass is 351 g/mol. The van der Waals surface area contributed by atoms with Gasteiger partial charge in [0, 0.05) is 17.7 Å². The van der Waals surface area contributed by atoms with Crippen molar-refractivity contribution in [2.45, 2.75) is 25.8 Å². The van der Waals surface area contributed by atoms with Crippen LogP contribution in [0.25, 0.3) is 0 Å². The molecule has 1 unspecified atom stereocenters. The highest BCUT2D eigenvalue weighted by Gasteiger charge is 2.16. The molecule has 0 amide bonds. The third-order valence-corrected chi connectivity index (χ3v) is 4.31. The highest BCUT2D eigenvalue weighted by Crippen LogP contribution is 2.27. The van der Waals surface area contributed by atoms with Crippen molar-refractivity contribution >= 4 is 15.9 Å². The Hall–Kier alpha value is -1.33. The first-order valence-electron chi connectivity index (χ1n) is 7.19. The van der Waals surface area contributed by atoms with E-state index in [0.717, 1.165) is 29.6 Å². The molecule has 21 heavy (non-hydrogen) atoms. The van der Waals surface area contributed by atoms with Gasteiger partial charge in [-0.2, -0.15) is 5.10 Å². The summed E-state index contributed by atoms with van der Waals surface area (Å²) in [5.41, 5.74) is 2.42. The van der Waals surface area contributed by atoms with E-state index in [0.29, 0.717) is 0 Å². The third-order valence-electron chi connectivity index (χ3n) is 3.53. The molecular formula is C16H22BrN3O. The number of ether oxygens (including phenoxy) is 1. The summed E-state index contributed by atoms with van der Waals surface area (Å²) in [6.45, 7) is 3.16. The molecule has 4 nitrogen and oxygen atoms in total. The van der Waals surface area contributed by atoms with Crippen molar-refractivity contribution in [1.82, 2.24) is 15.1 Å². The largest absolute Gasteiger partial charge is 0.497 e. The van der Waals surface area contributed by atoms with Gasteiger partial charge in [0.05, 0.1) is 18.8 Å². The molecule has 0 saturated heterocycles. The average Bonchev–Trinajstić information content (AvgIpc) is 2.91. The number of hydrogen-bond donors (Lipinski definition) is 1. The fourth-order valence-corrected chi connectivity index (χ4v) is 2.79. The normalized spacial score (nSPS) is 12.4. The maximum absolute atomic E-state index is 5.33. The Morgan fingerprint density at radius 2 is 2.19 bits per heavy atom. The molecule has 1 N–H and O–H groups in total. The first-order chi connectivity index (χ1) is 10.2. The minimum Gasteiger partial charge on any atom is -0.497 e. The minimum atomic E-state index is 0.237. The van der Waals surface area contributed by atoms with Crippen LogP contribution in [0.15, 0.2) is 34.9 Å². The van der Waals surface area contributed by atoms with Crippen molar-refractivity contribution in [3.63, 3.8) is 0 Å². The number of rotatable bonds is 7. The zero-order valence-corrected chi connectivity index (χ0v) is 14.4. The molecule has 0 saturated carbocycles. The number of aryl methyl sites for hydroxylation is 1. The van der Waals surface area contributed by atoms with Gasteiger partial charge in [-0.1, -0.05) is 22.9 Å². The van der Waals surface area contributed by atoms with Gasteiger partial charge in [-0.25, -0.2) is 0 Å². The van der Waals surface area contributed by atoms with Crippen molar-refractivity contribution in [3.8, 4) is 5.75 Å². The lowest BCUT2D eigenvalue weighted by molar-refractivity contribution is 0.413. The van der Waals surface area contributed by atoms with Crippen molar-refractivity contribution < 1.29 is 4.74 Å². The number of hydrogen-bond acceptors (Lipinski definition) is 3.